The van der Waals surface area contributed by atoms with Gasteiger partial charge in [0.15, 0.2) is 0 Å². The Morgan fingerprint density at radius 2 is 2.12 bits per heavy atom. The zero-order valence-electron chi connectivity index (χ0n) is 9.22. The largest absolute Gasteiger partial charge is 0.207 e. The smallest absolute Gasteiger partial charge is 0.126 e. The van der Waals surface area contributed by atoms with E-state index in [-0.39, 0.29) is 5.82 Å². The average Bonchev–Trinajstić information content (AvgIpc) is 2.55. The van der Waals surface area contributed by atoms with Crippen LogP contribution in [0.15, 0.2) is 22.7 Å². The van der Waals surface area contributed by atoms with Crippen LogP contribution >= 0.6 is 31.9 Å². The van der Waals surface area contributed by atoms with E-state index in [2.05, 4.69) is 38.8 Å². The third-order valence-electron chi connectivity index (χ3n) is 3.62. The van der Waals surface area contributed by atoms with Gasteiger partial charge < -0.3 is 0 Å². The van der Waals surface area contributed by atoms with Gasteiger partial charge in [-0.3, -0.25) is 0 Å². The fourth-order valence-electron chi connectivity index (χ4n) is 2.46. The average molecular weight is 350 g/mol. The summed E-state index contributed by atoms with van der Waals surface area (Å²) < 4.78 is 14.6. The molecule has 16 heavy (non-hydrogen) atoms. The number of halogens is 3. The molecule has 1 aliphatic carbocycles. The fraction of sp³-hybridized carbons (Fsp3) is 0.538. The molecule has 3 heteroatoms. The maximum Gasteiger partial charge on any atom is 0.126 e. The molecule has 1 aromatic rings. The summed E-state index contributed by atoms with van der Waals surface area (Å²) in [6.45, 7) is 2.26. The number of hydrogen-bond acceptors (Lipinski definition) is 0. The van der Waals surface area contributed by atoms with Crippen molar-refractivity contribution in [3.63, 3.8) is 0 Å². The van der Waals surface area contributed by atoms with E-state index in [0.717, 1.165) is 16.5 Å². The van der Waals surface area contributed by atoms with Gasteiger partial charge >= 0.3 is 0 Å². The van der Waals surface area contributed by atoms with Gasteiger partial charge in [-0.2, -0.15) is 0 Å². The molecule has 0 aromatic heterocycles. The monoisotopic (exact) mass is 348 g/mol. The molecule has 0 aliphatic heterocycles. The lowest BCUT2D eigenvalue weighted by Crippen LogP contribution is -2.13. The SMILES string of the molecule is CC1C(Br)CCC1Cc1cc(Br)ccc1F. The van der Waals surface area contributed by atoms with Gasteiger partial charge in [-0.15, -0.1) is 0 Å². The summed E-state index contributed by atoms with van der Waals surface area (Å²) in [5, 5.41) is 0. The zero-order chi connectivity index (χ0) is 11.7. The highest BCUT2D eigenvalue weighted by Gasteiger charge is 2.31. The normalized spacial score (nSPS) is 29.6. The molecule has 0 N–H and O–H groups in total. The molecule has 1 aromatic carbocycles. The lowest BCUT2D eigenvalue weighted by molar-refractivity contribution is 0.416. The first-order valence-corrected chi connectivity index (χ1v) is 7.37. The maximum absolute atomic E-state index is 13.6. The minimum atomic E-state index is -0.0755. The Morgan fingerprint density at radius 3 is 2.75 bits per heavy atom. The topological polar surface area (TPSA) is 0 Å². The third-order valence-corrected chi connectivity index (χ3v) is 5.40. The number of hydrogen-bond donors (Lipinski definition) is 0. The molecule has 2 rings (SSSR count). The first-order valence-electron chi connectivity index (χ1n) is 5.66. The van der Waals surface area contributed by atoms with Gasteiger partial charge in [0.2, 0.25) is 0 Å². The summed E-state index contributed by atoms with van der Waals surface area (Å²) >= 11 is 7.08. The van der Waals surface area contributed by atoms with E-state index < -0.39 is 0 Å². The van der Waals surface area contributed by atoms with Gasteiger partial charge in [-0.1, -0.05) is 38.8 Å². The molecule has 0 amide bonds. The molecule has 1 fully saturated rings. The first kappa shape index (κ1) is 12.6. The highest BCUT2D eigenvalue weighted by molar-refractivity contribution is 9.10. The van der Waals surface area contributed by atoms with Crippen LogP contribution in [0.25, 0.3) is 0 Å². The van der Waals surface area contributed by atoms with Crippen molar-refractivity contribution in [2.24, 2.45) is 11.8 Å². The van der Waals surface area contributed by atoms with Crippen molar-refractivity contribution < 1.29 is 4.39 Å². The van der Waals surface area contributed by atoms with Gasteiger partial charge in [0.25, 0.3) is 0 Å². The molecule has 1 saturated carbocycles. The second-order valence-corrected chi connectivity index (χ2v) is 6.74. The Bertz CT molecular complexity index is 378. The van der Waals surface area contributed by atoms with Crippen LogP contribution in [0, 0.1) is 17.7 Å². The second-order valence-electron chi connectivity index (χ2n) is 4.65. The van der Waals surface area contributed by atoms with E-state index in [4.69, 9.17) is 0 Å². The predicted octanol–water partition coefficient (Wildman–Crippen LogP) is 4.94. The Hall–Kier alpha value is 0.110. The molecule has 0 radical (unpaired) electrons. The van der Waals surface area contributed by atoms with Crippen LogP contribution in [-0.4, -0.2) is 4.83 Å². The van der Waals surface area contributed by atoms with E-state index in [0.29, 0.717) is 16.7 Å². The number of alkyl halides is 1. The van der Waals surface area contributed by atoms with Crippen LogP contribution in [0.5, 0.6) is 0 Å². The van der Waals surface area contributed by atoms with Gasteiger partial charge in [0.05, 0.1) is 0 Å². The van der Waals surface area contributed by atoms with Crippen molar-refractivity contribution in [2.75, 3.05) is 0 Å². The van der Waals surface area contributed by atoms with Crippen LogP contribution in [0.1, 0.15) is 25.3 Å². The van der Waals surface area contributed by atoms with E-state index in [1.54, 1.807) is 12.1 Å². The van der Waals surface area contributed by atoms with Crippen LogP contribution in [0.3, 0.4) is 0 Å². The molecule has 0 heterocycles. The summed E-state index contributed by atoms with van der Waals surface area (Å²) in [6, 6.07) is 5.21. The quantitative estimate of drug-likeness (QED) is 0.663. The van der Waals surface area contributed by atoms with E-state index in [1.165, 1.54) is 12.8 Å². The Morgan fingerprint density at radius 1 is 1.38 bits per heavy atom. The third kappa shape index (κ3) is 2.67. The summed E-state index contributed by atoms with van der Waals surface area (Å²) in [6.07, 6.45) is 3.26. The molecule has 3 unspecified atom stereocenters. The van der Waals surface area contributed by atoms with Gasteiger partial charge in [-0.25, -0.2) is 4.39 Å². The standard InChI is InChI=1S/C13H15Br2F/c1-8-9(2-4-12(8)15)6-10-7-11(14)3-5-13(10)16/h3,5,7-9,12H,2,4,6H2,1H3. The lowest BCUT2D eigenvalue weighted by atomic mass is 9.91. The van der Waals surface area contributed by atoms with Gasteiger partial charge in [-0.05, 0) is 54.9 Å². The summed E-state index contributed by atoms with van der Waals surface area (Å²) in [4.78, 5) is 0.604. The van der Waals surface area contributed by atoms with Crippen molar-refractivity contribution in [3.8, 4) is 0 Å². The minimum absolute atomic E-state index is 0.0755. The summed E-state index contributed by atoms with van der Waals surface area (Å²) in [7, 11) is 0. The predicted molar refractivity (Wildman–Crippen MR) is 72.4 cm³/mol. The minimum Gasteiger partial charge on any atom is -0.207 e. The van der Waals surface area contributed by atoms with Crippen molar-refractivity contribution in [1.29, 1.82) is 0 Å². The molecule has 88 valence electrons. The molecular weight excluding hydrogens is 335 g/mol. The van der Waals surface area contributed by atoms with Crippen molar-refractivity contribution >= 4 is 31.9 Å². The first-order chi connectivity index (χ1) is 7.58. The van der Waals surface area contributed by atoms with Gasteiger partial charge in [0, 0.05) is 9.30 Å². The summed E-state index contributed by atoms with van der Waals surface area (Å²) in [5.41, 5.74) is 0.841. The molecule has 3 atom stereocenters. The molecule has 1 aliphatic rings. The molecule has 0 saturated heterocycles. The molecular formula is C13H15Br2F. The molecule has 0 bridgehead atoms. The van der Waals surface area contributed by atoms with Crippen molar-refractivity contribution in [2.45, 2.75) is 31.0 Å². The summed E-state index contributed by atoms with van der Waals surface area (Å²) in [5.74, 6) is 1.17. The fourth-order valence-corrected chi connectivity index (χ4v) is 3.57. The Kier molecular flexibility index (Phi) is 4.06. The van der Waals surface area contributed by atoms with E-state index in [1.807, 2.05) is 6.07 Å². The van der Waals surface area contributed by atoms with Crippen molar-refractivity contribution in [1.82, 2.24) is 0 Å². The van der Waals surface area contributed by atoms with Crippen LogP contribution in [-0.2, 0) is 6.42 Å². The van der Waals surface area contributed by atoms with Gasteiger partial charge in [0.1, 0.15) is 5.82 Å². The number of benzene rings is 1. The maximum atomic E-state index is 13.6. The Labute approximate surface area is 113 Å². The van der Waals surface area contributed by atoms with E-state index in [9.17, 15) is 4.39 Å². The van der Waals surface area contributed by atoms with Crippen LogP contribution in [0.4, 0.5) is 4.39 Å². The van der Waals surface area contributed by atoms with E-state index >= 15 is 0 Å². The Balaban J connectivity index is 2.12. The molecule has 0 nitrogen and oxygen atoms in total. The van der Waals surface area contributed by atoms with Crippen molar-refractivity contribution in [3.05, 3.63) is 34.1 Å². The number of rotatable bonds is 2. The zero-order valence-corrected chi connectivity index (χ0v) is 12.4. The highest BCUT2D eigenvalue weighted by atomic mass is 79.9. The van der Waals surface area contributed by atoms with Crippen LogP contribution < -0.4 is 0 Å². The highest BCUT2D eigenvalue weighted by Crippen LogP contribution is 2.38. The lowest BCUT2D eigenvalue weighted by Gasteiger charge is -2.17. The molecule has 0 spiro atoms. The second kappa shape index (κ2) is 5.18. The van der Waals surface area contributed by atoms with Crippen LogP contribution in [0.2, 0.25) is 0 Å².